The minimum absolute atomic E-state index is 0.00483. The molecule has 0 aliphatic carbocycles. The highest BCUT2D eigenvalue weighted by Crippen LogP contribution is 2.40. The fraction of sp³-hybridized carbons (Fsp3) is 0.682. The first-order valence-electron chi connectivity index (χ1n) is 10.5. The van der Waals surface area contributed by atoms with Gasteiger partial charge in [-0.2, -0.15) is 0 Å². The third-order valence-electron chi connectivity index (χ3n) is 6.22. The molecule has 30 heavy (non-hydrogen) atoms. The lowest BCUT2D eigenvalue weighted by Crippen LogP contribution is -2.66. The number of benzene rings is 1. The molecule has 2 atom stereocenters. The number of nitrogens with one attached hydrogen (secondary N) is 1. The van der Waals surface area contributed by atoms with Gasteiger partial charge in [0, 0.05) is 32.7 Å². The average molecular weight is 441 g/mol. The molecule has 2 fully saturated rings. The lowest BCUT2D eigenvalue weighted by atomic mass is 9.74. The van der Waals surface area contributed by atoms with E-state index in [2.05, 4.69) is 10.2 Å². The number of amides is 1. The summed E-state index contributed by atoms with van der Waals surface area (Å²) in [5.41, 5.74) is 0.0868. The van der Waals surface area contributed by atoms with Crippen LogP contribution in [0.4, 0.5) is 0 Å². The Hall–Kier alpha value is -1.38. The zero-order chi connectivity index (χ0) is 21.8. The van der Waals surface area contributed by atoms with Crippen molar-refractivity contribution >= 4 is 17.5 Å². The number of aliphatic hydroxyl groups excluding tert-OH is 1. The van der Waals surface area contributed by atoms with Gasteiger partial charge in [0.15, 0.2) is 0 Å². The van der Waals surface area contributed by atoms with Gasteiger partial charge in [0.2, 0.25) is 5.91 Å². The summed E-state index contributed by atoms with van der Waals surface area (Å²) in [7, 11) is 1.61. The number of nitrogens with zero attached hydrogens (tertiary/aromatic N) is 1. The SMILES string of the molecule is CCOCC(=O)N[C@@]1(C)CC2(CCN(Cc3ccc(OC)c(Cl)c3)CC2)OC[C@@H]1O. The van der Waals surface area contributed by atoms with E-state index in [1.165, 1.54) is 0 Å². The molecule has 0 radical (unpaired) electrons. The van der Waals surface area contributed by atoms with E-state index in [0.717, 1.165) is 38.0 Å². The number of hydrogen-bond donors (Lipinski definition) is 2. The third-order valence-corrected chi connectivity index (χ3v) is 6.52. The van der Waals surface area contributed by atoms with E-state index < -0.39 is 11.6 Å². The molecule has 1 aromatic carbocycles. The monoisotopic (exact) mass is 440 g/mol. The zero-order valence-electron chi connectivity index (χ0n) is 18.1. The van der Waals surface area contributed by atoms with Gasteiger partial charge >= 0.3 is 0 Å². The third kappa shape index (κ3) is 5.45. The van der Waals surface area contributed by atoms with Crippen LogP contribution >= 0.6 is 11.6 Å². The van der Waals surface area contributed by atoms with Crippen molar-refractivity contribution in [3.63, 3.8) is 0 Å². The Morgan fingerprint density at radius 1 is 1.40 bits per heavy atom. The second kappa shape index (κ2) is 9.83. The van der Waals surface area contributed by atoms with Crippen molar-refractivity contribution in [1.82, 2.24) is 10.2 Å². The minimum atomic E-state index is -0.742. The lowest BCUT2D eigenvalue weighted by Gasteiger charge is -2.52. The van der Waals surface area contributed by atoms with Gasteiger partial charge < -0.3 is 24.6 Å². The quantitative estimate of drug-likeness (QED) is 0.677. The smallest absolute Gasteiger partial charge is 0.246 e. The Balaban J connectivity index is 1.58. The number of aliphatic hydroxyl groups is 1. The summed E-state index contributed by atoms with van der Waals surface area (Å²) >= 11 is 6.25. The first-order valence-corrected chi connectivity index (χ1v) is 10.9. The van der Waals surface area contributed by atoms with Crippen molar-refractivity contribution in [3.8, 4) is 5.75 Å². The summed E-state index contributed by atoms with van der Waals surface area (Å²) in [4.78, 5) is 14.6. The molecule has 2 N–H and O–H groups in total. The number of methoxy groups -OCH3 is 1. The van der Waals surface area contributed by atoms with Crippen molar-refractivity contribution in [2.75, 3.05) is 40.0 Å². The lowest BCUT2D eigenvalue weighted by molar-refractivity contribution is -0.182. The molecule has 2 aliphatic rings. The van der Waals surface area contributed by atoms with E-state index in [-0.39, 0.29) is 24.7 Å². The topological polar surface area (TPSA) is 80.3 Å². The summed E-state index contributed by atoms with van der Waals surface area (Å²) in [5, 5.41) is 14.1. The average Bonchev–Trinajstić information content (AvgIpc) is 2.71. The van der Waals surface area contributed by atoms with Crippen LogP contribution in [0.2, 0.25) is 5.02 Å². The van der Waals surface area contributed by atoms with E-state index in [4.69, 9.17) is 25.8 Å². The van der Waals surface area contributed by atoms with Crippen LogP contribution in [0.15, 0.2) is 18.2 Å². The maximum absolute atomic E-state index is 12.2. The van der Waals surface area contributed by atoms with Crippen LogP contribution in [0.3, 0.4) is 0 Å². The summed E-state index contributed by atoms with van der Waals surface area (Å²) in [6.45, 7) is 7.02. The largest absolute Gasteiger partial charge is 0.495 e. The number of carbonyl (C=O) groups is 1. The highest BCUT2D eigenvalue weighted by molar-refractivity contribution is 6.32. The van der Waals surface area contributed by atoms with E-state index in [9.17, 15) is 9.90 Å². The second-order valence-corrected chi connectivity index (χ2v) is 8.94. The Kier molecular flexibility index (Phi) is 7.63. The Morgan fingerprint density at radius 2 is 2.13 bits per heavy atom. The van der Waals surface area contributed by atoms with Crippen LogP contribution in [0.5, 0.6) is 5.75 Å². The normalized spacial score (nSPS) is 26.5. The van der Waals surface area contributed by atoms with Gasteiger partial charge in [-0.3, -0.25) is 9.69 Å². The molecule has 1 amide bonds. The number of likely N-dealkylation sites (tertiary alicyclic amines) is 1. The van der Waals surface area contributed by atoms with Crippen LogP contribution in [0.1, 0.15) is 38.7 Å². The van der Waals surface area contributed by atoms with Crippen molar-refractivity contribution < 1.29 is 24.1 Å². The van der Waals surface area contributed by atoms with Gasteiger partial charge in [0.25, 0.3) is 0 Å². The van der Waals surface area contributed by atoms with Crippen molar-refractivity contribution in [3.05, 3.63) is 28.8 Å². The maximum atomic E-state index is 12.2. The predicted molar refractivity (Wildman–Crippen MR) is 115 cm³/mol. The summed E-state index contributed by atoms with van der Waals surface area (Å²) < 4.78 is 16.5. The van der Waals surface area contributed by atoms with Crippen molar-refractivity contribution in [2.24, 2.45) is 0 Å². The first-order chi connectivity index (χ1) is 14.3. The maximum Gasteiger partial charge on any atom is 0.246 e. The summed E-state index contributed by atoms with van der Waals surface area (Å²) in [6.07, 6.45) is 1.54. The fourth-order valence-electron chi connectivity index (χ4n) is 4.46. The highest BCUT2D eigenvalue weighted by Gasteiger charge is 2.50. The summed E-state index contributed by atoms with van der Waals surface area (Å²) in [6, 6.07) is 5.88. The van der Waals surface area contributed by atoms with Crippen LogP contribution in [0.25, 0.3) is 0 Å². The Morgan fingerprint density at radius 3 is 2.77 bits per heavy atom. The second-order valence-electron chi connectivity index (χ2n) is 8.53. The molecule has 2 heterocycles. The Bertz CT molecular complexity index is 738. The molecular weight excluding hydrogens is 408 g/mol. The van der Waals surface area contributed by atoms with Crippen LogP contribution in [0, 0.1) is 0 Å². The molecule has 3 rings (SSSR count). The standard InChI is InChI=1S/C22H33ClN2O5/c1-4-29-14-20(27)24-21(2)15-22(30-13-19(21)26)7-9-25(10-8-22)12-16-5-6-18(28-3)17(23)11-16/h5-6,11,19,26H,4,7-10,12-15H2,1-3H3,(H,24,27)/t19-,21-/m0/s1. The molecule has 7 nitrogen and oxygen atoms in total. The molecule has 0 saturated carbocycles. The predicted octanol–water partition coefficient (Wildman–Crippen LogP) is 2.38. The molecule has 0 unspecified atom stereocenters. The molecule has 1 aromatic rings. The van der Waals surface area contributed by atoms with Crippen molar-refractivity contribution in [1.29, 1.82) is 0 Å². The number of ether oxygens (including phenoxy) is 3. The molecule has 1 spiro atoms. The van der Waals surface area contributed by atoms with E-state index >= 15 is 0 Å². The van der Waals surface area contributed by atoms with Gasteiger partial charge in [-0.1, -0.05) is 17.7 Å². The number of halogens is 1. The number of piperidine rings is 1. The molecule has 0 bridgehead atoms. The summed E-state index contributed by atoms with van der Waals surface area (Å²) in [5.74, 6) is 0.474. The minimum Gasteiger partial charge on any atom is -0.495 e. The Labute approximate surface area is 183 Å². The van der Waals surface area contributed by atoms with Crippen LogP contribution in [-0.4, -0.2) is 73.2 Å². The van der Waals surface area contributed by atoms with Gasteiger partial charge in [-0.15, -0.1) is 0 Å². The van der Waals surface area contributed by atoms with Crippen LogP contribution < -0.4 is 10.1 Å². The molecule has 0 aromatic heterocycles. The van der Waals surface area contributed by atoms with E-state index in [0.29, 0.717) is 23.8 Å². The number of rotatable bonds is 7. The molecule has 8 heteroatoms. The van der Waals surface area contributed by atoms with E-state index in [1.807, 2.05) is 32.0 Å². The van der Waals surface area contributed by atoms with Gasteiger partial charge in [-0.05, 0) is 44.4 Å². The van der Waals surface area contributed by atoms with Gasteiger partial charge in [0.1, 0.15) is 18.5 Å². The van der Waals surface area contributed by atoms with Crippen LogP contribution in [-0.2, 0) is 20.8 Å². The van der Waals surface area contributed by atoms with Gasteiger partial charge in [-0.25, -0.2) is 0 Å². The molecule has 168 valence electrons. The number of hydrogen-bond acceptors (Lipinski definition) is 6. The number of carbonyl (C=O) groups excluding carboxylic acids is 1. The van der Waals surface area contributed by atoms with Gasteiger partial charge in [0.05, 0.1) is 29.9 Å². The highest BCUT2D eigenvalue weighted by atomic mass is 35.5. The first kappa shape index (κ1) is 23.3. The molecule has 2 aliphatic heterocycles. The molecule has 2 saturated heterocycles. The van der Waals surface area contributed by atoms with E-state index in [1.54, 1.807) is 7.11 Å². The van der Waals surface area contributed by atoms with Crippen molar-refractivity contribution in [2.45, 2.75) is 56.9 Å². The fourth-order valence-corrected chi connectivity index (χ4v) is 4.74. The zero-order valence-corrected chi connectivity index (χ0v) is 18.8. The molecular formula is C22H33ClN2O5.